The standard InChI is InChI=1S/C21H31N3OS/c1-25-18-8-6-16(7-9-18)20(24-10-2-3-11-24)14-22-21(26)23-19-13-15-4-5-17(19)12-15/h6-9,15,17,19-20H,2-5,10-14H2,1H3,(H2,22,23,26)/t15-,17-,19-,20+/m1/s1. The fraction of sp³-hybridized carbons (Fsp3) is 0.667. The number of hydrogen-bond donors (Lipinski definition) is 2. The summed E-state index contributed by atoms with van der Waals surface area (Å²) in [5.41, 5.74) is 1.34. The highest BCUT2D eigenvalue weighted by Gasteiger charge is 2.39. The Bertz CT molecular complexity index is 614. The molecule has 0 spiro atoms. The van der Waals surface area contributed by atoms with Gasteiger partial charge >= 0.3 is 0 Å². The second kappa shape index (κ2) is 8.13. The van der Waals surface area contributed by atoms with Crippen LogP contribution in [0.3, 0.4) is 0 Å². The molecule has 0 aromatic heterocycles. The van der Waals surface area contributed by atoms with Gasteiger partial charge in [-0.2, -0.15) is 0 Å². The van der Waals surface area contributed by atoms with Crippen LogP contribution < -0.4 is 15.4 Å². The number of nitrogens with zero attached hydrogens (tertiary/aromatic N) is 1. The number of thiocarbonyl (C=S) groups is 1. The zero-order chi connectivity index (χ0) is 17.9. The van der Waals surface area contributed by atoms with Crippen molar-refractivity contribution in [3.63, 3.8) is 0 Å². The molecule has 2 bridgehead atoms. The highest BCUT2D eigenvalue weighted by atomic mass is 32.1. The summed E-state index contributed by atoms with van der Waals surface area (Å²) in [5, 5.41) is 7.96. The van der Waals surface area contributed by atoms with Gasteiger partial charge in [-0.3, -0.25) is 4.90 Å². The first-order chi connectivity index (χ1) is 12.7. The molecule has 1 aromatic carbocycles. The van der Waals surface area contributed by atoms with Crippen LogP contribution in [0, 0.1) is 11.8 Å². The quantitative estimate of drug-likeness (QED) is 0.747. The Kier molecular flexibility index (Phi) is 5.65. The van der Waals surface area contributed by atoms with E-state index in [1.54, 1.807) is 7.11 Å². The molecular weight excluding hydrogens is 342 g/mol. The van der Waals surface area contributed by atoms with Crippen LogP contribution in [0.4, 0.5) is 0 Å². The fourth-order valence-electron chi connectivity index (χ4n) is 5.17. The lowest BCUT2D eigenvalue weighted by atomic mass is 9.95. The van der Waals surface area contributed by atoms with Crippen LogP contribution in [-0.4, -0.2) is 42.8 Å². The lowest BCUT2D eigenvalue weighted by molar-refractivity contribution is 0.245. The molecule has 0 radical (unpaired) electrons. The maximum absolute atomic E-state index is 5.63. The molecule has 2 aliphatic carbocycles. The normalized spacial score (nSPS) is 28.9. The predicted molar refractivity (Wildman–Crippen MR) is 110 cm³/mol. The molecule has 26 heavy (non-hydrogen) atoms. The molecule has 4 rings (SSSR count). The first-order valence-electron chi connectivity index (χ1n) is 10.2. The summed E-state index contributed by atoms with van der Waals surface area (Å²) in [7, 11) is 1.72. The van der Waals surface area contributed by atoms with Gasteiger partial charge in [0, 0.05) is 12.6 Å². The van der Waals surface area contributed by atoms with Gasteiger partial charge in [0.2, 0.25) is 0 Å². The minimum atomic E-state index is 0.364. The van der Waals surface area contributed by atoms with Gasteiger partial charge in [0.05, 0.1) is 13.2 Å². The zero-order valence-electron chi connectivity index (χ0n) is 15.7. The first kappa shape index (κ1) is 18.1. The number of rotatable bonds is 6. The molecule has 1 saturated heterocycles. The smallest absolute Gasteiger partial charge is 0.166 e. The molecule has 3 aliphatic rings. The van der Waals surface area contributed by atoms with E-state index in [-0.39, 0.29) is 0 Å². The Morgan fingerprint density at radius 1 is 1.19 bits per heavy atom. The monoisotopic (exact) mass is 373 g/mol. The summed E-state index contributed by atoms with van der Waals surface area (Å²) in [6.07, 6.45) is 8.11. The average molecular weight is 374 g/mol. The molecule has 0 amide bonds. The van der Waals surface area contributed by atoms with Crippen molar-refractivity contribution in [2.45, 2.75) is 50.6 Å². The Labute approximate surface area is 162 Å². The second-order valence-electron chi connectivity index (χ2n) is 8.17. The van der Waals surface area contributed by atoms with E-state index in [2.05, 4.69) is 39.8 Å². The van der Waals surface area contributed by atoms with Crippen LogP contribution >= 0.6 is 12.2 Å². The van der Waals surface area contributed by atoms with Crippen LogP contribution in [0.5, 0.6) is 5.75 Å². The van der Waals surface area contributed by atoms with Crippen molar-refractivity contribution in [3.8, 4) is 5.75 Å². The summed E-state index contributed by atoms with van der Waals surface area (Å²) in [6, 6.07) is 9.46. The van der Waals surface area contributed by atoms with E-state index in [0.29, 0.717) is 12.1 Å². The molecule has 142 valence electrons. The highest BCUT2D eigenvalue weighted by molar-refractivity contribution is 7.80. The largest absolute Gasteiger partial charge is 0.497 e. The van der Waals surface area contributed by atoms with Crippen molar-refractivity contribution in [1.82, 2.24) is 15.5 Å². The van der Waals surface area contributed by atoms with Gasteiger partial charge in [-0.05, 0) is 86.9 Å². The average Bonchev–Trinajstić information content (AvgIpc) is 3.41. The number of ether oxygens (including phenoxy) is 1. The molecule has 0 unspecified atom stereocenters. The third-order valence-electron chi connectivity index (χ3n) is 6.59. The Hall–Kier alpha value is -1.33. The second-order valence-corrected chi connectivity index (χ2v) is 8.58. The van der Waals surface area contributed by atoms with E-state index in [4.69, 9.17) is 17.0 Å². The van der Waals surface area contributed by atoms with Gasteiger partial charge in [0.1, 0.15) is 5.75 Å². The van der Waals surface area contributed by atoms with Crippen molar-refractivity contribution in [3.05, 3.63) is 29.8 Å². The number of benzene rings is 1. The SMILES string of the molecule is COc1ccc([C@H](CNC(=S)N[C@@H]2C[C@@H]3CC[C@@H]2C3)N2CCCC2)cc1. The fourth-order valence-corrected chi connectivity index (χ4v) is 5.40. The van der Waals surface area contributed by atoms with E-state index in [0.717, 1.165) is 29.2 Å². The summed E-state index contributed by atoms with van der Waals surface area (Å²) in [5.74, 6) is 2.70. The maximum atomic E-state index is 5.63. The molecule has 1 heterocycles. The molecule has 2 saturated carbocycles. The van der Waals surface area contributed by atoms with E-state index in [9.17, 15) is 0 Å². The topological polar surface area (TPSA) is 36.5 Å². The van der Waals surface area contributed by atoms with Gasteiger partial charge < -0.3 is 15.4 Å². The summed E-state index contributed by atoms with van der Waals surface area (Å²) < 4.78 is 5.31. The van der Waals surface area contributed by atoms with E-state index < -0.39 is 0 Å². The zero-order valence-corrected chi connectivity index (χ0v) is 16.6. The number of hydrogen-bond acceptors (Lipinski definition) is 3. The van der Waals surface area contributed by atoms with Crippen LogP contribution in [0.25, 0.3) is 0 Å². The van der Waals surface area contributed by atoms with E-state index >= 15 is 0 Å². The lowest BCUT2D eigenvalue weighted by Crippen LogP contribution is -2.46. The van der Waals surface area contributed by atoms with Crippen molar-refractivity contribution < 1.29 is 4.74 Å². The summed E-state index contributed by atoms with van der Waals surface area (Å²) in [4.78, 5) is 2.58. The highest BCUT2D eigenvalue weighted by Crippen LogP contribution is 2.44. The number of fused-ring (bicyclic) bond motifs is 2. The summed E-state index contributed by atoms with van der Waals surface area (Å²) in [6.45, 7) is 3.20. The van der Waals surface area contributed by atoms with Crippen molar-refractivity contribution in [2.75, 3.05) is 26.7 Å². The Balaban J connectivity index is 1.35. The van der Waals surface area contributed by atoms with Crippen LogP contribution in [0.15, 0.2) is 24.3 Å². The molecule has 1 aliphatic heterocycles. The van der Waals surface area contributed by atoms with Crippen molar-refractivity contribution in [2.24, 2.45) is 11.8 Å². The third-order valence-corrected chi connectivity index (χ3v) is 6.85. The molecule has 4 nitrogen and oxygen atoms in total. The van der Waals surface area contributed by atoms with Crippen molar-refractivity contribution >= 4 is 17.3 Å². The van der Waals surface area contributed by atoms with Gasteiger partial charge in [-0.1, -0.05) is 18.6 Å². The lowest BCUT2D eigenvalue weighted by Gasteiger charge is -2.30. The van der Waals surface area contributed by atoms with Crippen molar-refractivity contribution in [1.29, 1.82) is 0 Å². The number of likely N-dealkylation sites (tertiary alicyclic amines) is 1. The molecule has 2 N–H and O–H groups in total. The van der Waals surface area contributed by atoms with Gasteiger partial charge in [0.25, 0.3) is 0 Å². The van der Waals surface area contributed by atoms with Gasteiger partial charge in [0.15, 0.2) is 5.11 Å². The third kappa shape index (κ3) is 3.99. The molecule has 4 atom stereocenters. The minimum Gasteiger partial charge on any atom is -0.497 e. The number of methoxy groups -OCH3 is 1. The first-order valence-corrected chi connectivity index (χ1v) is 10.6. The Morgan fingerprint density at radius 3 is 2.58 bits per heavy atom. The minimum absolute atomic E-state index is 0.364. The maximum Gasteiger partial charge on any atom is 0.166 e. The predicted octanol–water partition coefficient (Wildman–Crippen LogP) is 3.48. The van der Waals surface area contributed by atoms with E-state index in [1.807, 2.05) is 0 Å². The number of nitrogens with one attached hydrogen (secondary N) is 2. The molecular formula is C21H31N3OS. The van der Waals surface area contributed by atoms with Gasteiger partial charge in [-0.25, -0.2) is 0 Å². The van der Waals surface area contributed by atoms with E-state index in [1.165, 1.54) is 57.2 Å². The van der Waals surface area contributed by atoms with Crippen LogP contribution in [0.2, 0.25) is 0 Å². The van der Waals surface area contributed by atoms with Crippen LogP contribution in [0.1, 0.15) is 50.1 Å². The summed E-state index contributed by atoms with van der Waals surface area (Å²) >= 11 is 5.63. The Morgan fingerprint density at radius 2 is 1.96 bits per heavy atom. The van der Waals surface area contributed by atoms with Crippen LogP contribution in [-0.2, 0) is 0 Å². The molecule has 5 heteroatoms. The molecule has 3 fully saturated rings. The molecule has 1 aromatic rings. The van der Waals surface area contributed by atoms with Gasteiger partial charge in [-0.15, -0.1) is 0 Å².